The molecule has 8 nitrogen and oxygen atoms in total. The molecule has 1 aromatic heterocycles. The van der Waals surface area contributed by atoms with Gasteiger partial charge in [-0.05, 0) is 50.2 Å². The third kappa shape index (κ3) is 4.40. The fraction of sp³-hybridized carbons (Fsp3) is 0.182. The lowest BCUT2D eigenvalue weighted by molar-refractivity contribution is -0.155. The van der Waals surface area contributed by atoms with E-state index in [0.29, 0.717) is 22.3 Å². The summed E-state index contributed by atoms with van der Waals surface area (Å²) in [6.07, 6.45) is -2.06. The number of imidazole rings is 1. The van der Waals surface area contributed by atoms with Crippen molar-refractivity contribution in [3.63, 3.8) is 0 Å². The van der Waals surface area contributed by atoms with Crippen LogP contribution in [0, 0.1) is 22.7 Å². The minimum Gasteiger partial charge on any atom is -0.507 e. The number of benzene rings is 2. The Morgan fingerprint density at radius 1 is 1.10 bits per heavy atom. The Balaban J connectivity index is 1.72. The summed E-state index contributed by atoms with van der Waals surface area (Å²) in [5.41, 5.74) is 1.70. The molecule has 0 radical (unpaired) electrons. The second-order valence-corrected chi connectivity index (χ2v) is 6.45. The van der Waals surface area contributed by atoms with E-state index in [1.807, 2.05) is 24.3 Å². The van der Waals surface area contributed by atoms with Gasteiger partial charge in [-0.3, -0.25) is 0 Å². The van der Waals surface area contributed by atoms with Crippen molar-refractivity contribution >= 4 is 22.6 Å². The van der Waals surface area contributed by atoms with E-state index in [2.05, 4.69) is 9.97 Å². The molecule has 150 valence electrons. The Hall–Kier alpha value is -4.30. The number of aromatic nitrogens is 2. The highest BCUT2D eigenvalue weighted by Crippen LogP contribution is 2.22. The van der Waals surface area contributed by atoms with E-state index in [-0.39, 0.29) is 11.4 Å². The second kappa shape index (κ2) is 8.80. The summed E-state index contributed by atoms with van der Waals surface area (Å²) in [6, 6.07) is 17.4. The zero-order valence-electron chi connectivity index (χ0n) is 16.3. The molecule has 0 unspecified atom stereocenters. The molecule has 2 N–H and O–H groups in total. The zero-order valence-corrected chi connectivity index (χ0v) is 16.3. The molecule has 2 aromatic carbocycles. The molecule has 0 amide bonds. The van der Waals surface area contributed by atoms with Gasteiger partial charge in [0.05, 0.1) is 22.7 Å². The molecule has 3 rings (SSSR count). The number of hydrogen-bond acceptors (Lipinski definition) is 7. The van der Waals surface area contributed by atoms with Crippen LogP contribution >= 0.6 is 0 Å². The van der Waals surface area contributed by atoms with E-state index < -0.39 is 23.9 Å². The molecule has 0 aliphatic rings. The first-order valence-electron chi connectivity index (χ1n) is 9.08. The average Bonchev–Trinajstić information content (AvgIpc) is 3.18. The van der Waals surface area contributed by atoms with Gasteiger partial charge in [-0.25, -0.2) is 9.78 Å². The van der Waals surface area contributed by atoms with E-state index in [1.165, 1.54) is 13.8 Å². The van der Waals surface area contributed by atoms with Gasteiger partial charge in [0.15, 0.2) is 23.8 Å². The normalized spacial score (nSPS) is 13.5. The van der Waals surface area contributed by atoms with Gasteiger partial charge in [-0.1, -0.05) is 12.1 Å². The van der Waals surface area contributed by atoms with Gasteiger partial charge in [-0.2, -0.15) is 10.5 Å². The van der Waals surface area contributed by atoms with Crippen molar-refractivity contribution < 1.29 is 19.4 Å². The molecule has 1 heterocycles. The van der Waals surface area contributed by atoms with Gasteiger partial charge in [0.25, 0.3) is 0 Å². The maximum Gasteiger partial charge on any atom is 0.347 e. The zero-order chi connectivity index (χ0) is 21.7. The number of nitriles is 2. The number of esters is 1. The largest absolute Gasteiger partial charge is 0.507 e. The number of allylic oxidation sites excluding steroid dienone is 1. The summed E-state index contributed by atoms with van der Waals surface area (Å²) < 4.78 is 10.8. The molecule has 0 bridgehead atoms. The lowest BCUT2D eigenvalue weighted by Crippen LogP contribution is -2.30. The number of H-pyrrole nitrogens is 1. The van der Waals surface area contributed by atoms with Crippen LogP contribution in [0.5, 0.6) is 5.75 Å². The molecule has 0 fully saturated rings. The minimum absolute atomic E-state index is 0.118. The summed E-state index contributed by atoms with van der Waals surface area (Å²) >= 11 is 0. The maximum atomic E-state index is 12.3. The average molecular weight is 402 g/mol. The van der Waals surface area contributed by atoms with Crippen LogP contribution in [0.15, 0.2) is 54.3 Å². The molecule has 0 saturated carbocycles. The van der Waals surface area contributed by atoms with Crippen LogP contribution in [0.3, 0.4) is 0 Å². The van der Waals surface area contributed by atoms with Crippen molar-refractivity contribution in [2.24, 2.45) is 0 Å². The number of carbonyl (C=O) groups excluding carboxylic acids is 1. The van der Waals surface area contributed by atoms with Crippen molar-refractivity contribution in [2.75, 3.05) is 0 Å². The summed E-state index contributed by atoms with van der Waals surface area (Å²) in [5.74, 6) is -0.567. The van der Waals surface area contributed by atoms with E-state index in [4.69, 9.17) is 14.7 Å². The van der Waals surface area contributed by atoms with Crippen molar-refractivity contribution in [2.45, 2.75) is 26.1 Å². The fourth-order valence-electron chi connectivity index (χ4n) is 2.69. The summed E-state index contributed by atoms with van der Waals surface area (Å²) in [5, 5.41) is 28.8. The van der Waals surface area contributed by atoms with E-state index in [1.54, 1.807) is 36.4 Å². The molecule has 2 atom stereocenters. The van der Waals surface area contributed by atoms with Crippen LogP contribution in [0.1, 0.15) is 25.2 Å². The molecular weight excluding hydrogens is 384 g/mol. The van der Waals surface area contributed by atoms with Crippen molar-refractivity contribution in [3.05, 3.63) is 65.7 Å². The second-order valence-electron chi connectivity index (χ2n) is 6.45. The monoisotopic (exact) mass is 402 g/mol. The van der Waals surface area contributed by atoms with Crippen LogP contribution in [0.4, 0.5) is 0 Å². The van der Waals surface area contributed by atoms with Crippen LogP contribution in [-0.4, -0.2) is 33.3 Å². The summed E-state index contributed by atoms with van der Waals surface area (Å²) in [7, 11) is 0. The van der Waals surface area contributed by atoms with Gasteiger partial charge in [0, 0.05) is 0 Å². The number of nitrogens with zero attached hydrogens (tertiary/aromatic N) is 3. The van der Waals surface area contributed by atoms with E-state index in [9.17, 15) is 15.2 Å². The number of aliphatic hydroxyl groups is 1. The molecule has 8 heteroatoms. The molecule has 0 aliphatic heterocycles. The lowest BCUT2D eigenvalue weighted by atomic mass is 10.1. The molecule has 3 aromatic rings. The Morgan fingerprint density at radius 3 is 2.43 bits per heavy atom. The molecule has 0 spiro atoms. The first kappa shape index (κ1) is 20.4. The number of rotatable bonds is 6. The smallest absolute Gasteiger partial charge is 0.347 e. The molecule has 0 saturated heterocycles. The van der Waals surface area contributed by atoms with Gasteiger partial charge in [-0.15, -0.1) is 0 Å². The highest BCUT2D eigenvalue weighted by Gasteiger charge is 2.24. The predicted octanol–water partition coefficient (Wildman–Crippen LogP) is 3.63. The maximum absolute atomic E-state index is 12.3. The lowest BCUT2D eigenvalue weighted by Gasteiger charge is -2.18. The van der Waals surface area contributed by atoms with Gasteiger partial charge in [0.2, 0.25) is 0 Å². The number of para-hydroxylation sites is 2. The summed E-state index contributed by atoms with van der Waals surface area (Å²) in [6.45, 7) is 2.94. The van der Waals surface area contributed by atoms with Crippen LogP contribution in [-0.2, 0) is 9.53 Å². The summed E-state index contributed by atoms with van der Waals surface area (Å²) in [4.78, 5) is 19.6. The van der Waals surface area contributed by atoms with Gasteiger partial charge in [0.1, 0.15) is 17.4 Å². The Labute approximate surface area is 172 Å². The third-order valence-corrected chi connectivity index (χ3v) is 4.30. The molecule has 30 heavy (non-hydrogen) atoms. The number of aromatic amines is 1. The van der Waals surface area contributed by atoms with Crippen LogP contribution in [0.25, 0.3) is 16.6 Å². The van der Waals surface area contributed by atoms with Crippen molar-refractivity contribution in [1.29, 1.82) is 10.5 Å². The first-order chi connectivity index (χ1) is 14.4. The third-order valence-electron chi connectivity index (χ3n) is 4.30. The van der Waals surface area contributed by atoms with E-state index >= 15 is 0 Å². The Bertz CT molecular complexity index is 1150. The quantitative estimate of drug-likeness (QED) is 0.365. The van der Waals surface area contributed by atoms with Crippen LogP contribution < -0.4 is 4.74 Å². The first-order valence-corrected chi connectivity index (χ1v) is 9.08. The predicted molar refractivity (Wildman–Crippen MR) is 108 cm³/mol. The minimum atomic E-state index is -1.09. The standard InChI is InChI=1S/C22H18N4O4/c1-13(30-22(28)14(2)29-16-9-7-15(11-23)8-10-16)20(27)17(12-24)21-25-18-5-3-4-6-19(18)26-21/h3-10,13-14,27H,1-2H3,(H,25,26)/b20-17-/t13-,14+/m0/s1. The topological polar surface area (TPSA) is 132 Å². The highest BCUT2D eigenvalue weighted by molar-refractivity contribution is 5.83. The number of carbonyl (C=O) groups is 1. The Morgan fingerprint density at radius 2 is 1.80 bits per heavy atom. The number of ether oxygens (including phenoxy) is 2. The highest BCUT2D eigenvalue weighted by atomic mass is 16.6. The Kier molecular flexibility index (Phi) is 6.00. The number of aliphatic hydroxyl groups excluding tert-OH is 1. The molecular formula is C22H18N4O4. The van der Waals surface area contributed by atoms with Crippen molar-refractivity contribution in [1.82, 2.24) is 9.97 Å². The fourth-order valence-corrected chi connectivity index (χ4v) is 2.69. The number of hydrogen-bond donors (Lipinski definition) is 2. The number of fused-ring (bicyclic) bond motifs is 1. The molecule has 0 aliphatic carbocycles. The van der Waals surface area contributed by atoms with Crippen LogP contribution in [0.2, 0.25) is 0 Å². The van der Waals surface area contributed by atoms with E-state index in [0.717, 1.165) is 0 Å². The number of nitrogens with one attached hydrogen (secondary N) is 1. The van der Waals surface area contributed by atoms with Gasteiger partial charge >= 0.3 is 5.97 Å². The SMILES string of the molecule is C[C@H](OC(=O)[C@@H](C)Oc1ccc(C#N)cc1)/C(O)=C(\C#N)c1nc2ccccc2[nH]1. The van der Waals surface area contributed by atoms with Crippen molar-refractivity contribution in [3.8, 4) is 17.9 Å². The van der Waals surface area contributed by atoms with Gasteiger partial charge < -0.3 is 19.6 Å².